The molecule has 0 bridgehead atoms. The summed E-state index contributed by atoms with van der Waals surface area (Å²) in [6.07, 6.45) is 0. The van der Waals surface area contributed by atoms with Gasteiger partial charge < -0.3 is 19.5 Å². The second-order valence-corrected chi connectivity index (χ2v) is 4.02. The van der Waals surface area contributed by atoms with Gasteiger partial charge in [0.25, 0.3) is 5.91 Å². The Hall–Kier alpha value is -2.24. The van der Waals surface area contributed by atoms with Crippen LogP contribution in [0.4, 0.5) is 0 Å². The standard InChI is InChI=1S/C14H19NO5/c1-5-20-11-7-6-10(8-12(11)18-3)13(16)15-9(2)14(17)19-4/h6-9H,5H2,1-4H3,(H,15,16). The molecule has 110 valence electrons. The zero-order valence-electron chi connectivity index (χ0n) is 12.1. The van der Waals surface area contributed by atoms with Crippen LogP contribution in [0.15, 0.2) is 18.2 Å². The van der Waals surface area contributed by atoms with Crippen LogP contribution in [0.3, 0.4) is 0 Å². The van der Waals surface area contributed by atoms with Crippen molar-refractivity contribution in [1.82, 2.24) is 5.32 Å². The molecule has 1 atom stereocenters. The van der Waals surface area contributed by atoms with Crippen molar-refractivity contribution in [2.45, 2.75) is 19.9 Å². The minimum absolute atomic E-state index is 0.376. The van der Waals surface area contributed by atoms with E-state index in [4.69, 9.17) is 9.47 Å². The fourth-order valence-electron chi connectivity index (χ4n) is 1.60. The third-order valence-electron chi connectivity index (χ3n) is 2.63. The molecule has 1 aromatic carbocycles. The maximum Gasteiger partial charge on any atom is 0.328 e. The molecule has 0 radical (unpaired) electrons. The number of hydrogen-bond acceptors (Lipinski definition) is 5. The third-order valence-corrected chi connectivity index (χ3v) is 2.63. The number of rotatable bonds is 6. The van der Waals surface area contributed by atoms with Crippen LogP contribution in [-0.4, -0.2) is 38.7 Å². The number of benzene rings is 1. The van der Waals surface area contributed by atoms with Crippen LogP contribution in [0.1, 0.15) is 24.2 Å². The molecule has 0 aliphatic carbocycles. The summed E-state index contributed by atoms with van der Waals surface area (Å²) < 4.78 is 15.1. The van der Waals surface area contributed by atoms with E-state index in [1.165, 1.54) is 14.2 Å². The molecule has 0 aliphatic heterocycles. The van der Waals surface area contributed by atoms with Crippen molar-refractivity contribution in [3.8, 4) is 11.5 Å². The van der Waals surface area contributed by atoms with Crippen molar-refractivity contribution < 1.29 is 23.8 Å². The Kier molecular flexibility index (Phi) is 5.83. The van der Waals surface area contributed by atoms with Crippen LogP contribution < -0.4 is 14.8 Å². The molecule has 0 spiro atoms. The quantitative estimate of drug-likeness (QED) is 0.797. The SMILES string of the molecule is CCOc1ccc(C(=O)NC(C)C(=O)OC)cc1OC. The highest BCUT2D eigenvalue weighted by molar-refractivity contribution is 5.97. The molecule has 6 nitrogen and oxygen atoms in total. The molecule has 20 heavy (non-hydrogen) atoms. The Morgan fingerprint density at radius 1 is 1.25 bits per heavy atom. The van der Waals surface area contributed by atoms with Crippen LogP contribution >= 0.6 is 0 Å². The normalized spacial score (nSPS) is 11.4. The van der Waals surface area contributed by atoms with E-state index in [-0.39, 0.29) is 5.91 Å². The van der Waals surface area contributed by atoms with Crippen LogP contribution in [0, 0.1) is 0 Å². The molecule has 1 rings (SSSR count). The van der Waals surface area contributed by atoms with E-state index in [9.17, 15) is 9.59 Å². The molecule has 0 fully saturated rings. The summed E-state index contributed by atoms with van der Waals surface area (Å²) in [5, 5.41) is 2.54. The van der Waals surface area contributed by atoms with E-state index in [1.54, 1.807) is 25.1 Å². The Bertz CT molecular complexity index is 486. The molecular weight excluding hydrogens is 262 g/mol. The van der Waals surface area contributed by atoms with Crippen molar-refractivity contribution in [2.24, 2.45) is 0 Å². The van der Waals surface area contributed by atoms with Crippen LogP contribution in [0.5, 0.6) is 11.5 Å². The van der Waals surface area contributed by atoms with Gasteiger partial charge in [0.2, 0.25) is 0 Å². The van der Waals surface area contributed by atoms with Crippen molar-refractivity contribution in [3.63, 3.8) is 0 Å². The first-order chi connectivity index (χ1) is 9.53. The molecule has 1 N–H and O–H groups in total. The lowest BCUT2D eigenvalue weighted by atomic mass is 10.1. The minimum Gasteiger partial charge on any atom is -0.493 e. The van der Waals surface area contributed by atoms with Gasteiger partial charge in [0.15, 0.2) is 11.5 Å². The lowest BCUT2D eigenvalue weighted by Gasteiger charge is -2.13. The topological polar surface area (TPSA) is 73.9 Å². The van der Waals surface area contributed by atoms with Gasteiger partial charge in [0, 0.05) is 5.56 Å². The number of nitrogens with one attached hydrogen (secondary N) is 1. The summed E-state index contributed by atoms with van der Waals surface area (Å²) in [5.74, 6) is 0.137. The zero-order chi connectivity index (χ0) is 15.1. The molecule has 0 aliphatic rings. The van der Waals surface area contributed by atoms with Gasteiger partial charge in [-0.05, 0) is 32.0 Å². The van der Waals surface area contributed by atoms with Crippen molar-refractivity contribution in [1.29, 1.82) is 0 Å². The van der Waals surface area contributed by atoms with Gasteiger partial charge in [-0.2, -0.15) is 0 Å². The van der Waals surface area contributed by atoms with Gasteiger partial charge in [-0.15, -0.1) is 0 Å². The number of carbonyl (C=O) groups excluding carboxylic acids is 2. The largest absolute Gasteiger partial charge is 0.493 e. The van der Waals surface area contributed by atoms with E-state index in [0.29, 0.717) is 23.7 Å². The molecule has 1 amide bonds. The van der Waals surface area contributed by atoms with Gasteiger partial charge in [-0.25, -0.2) is 4.79 Å². The van der Waals surface area contributed by atoms with Gasteiger partial charge in [0.1, 0.15) is 6.04 Å². The fraction of sp³-hybridized carbons (Fsp3) is 0.429. The predicted octanol–water partition coefficient (Wildman–Crippen LogP) is 1.39. The lowest BCUT2D eigenvalue weighted by Crippen LogP contribution is -2.39. The summed E-state index contributed by atoms with van der Waals surface area (Å²) in [7, 11) is 2.77. The molecule has 0 aromatic heterocycles. The average Bonchev–Trinajstić information content (AvgIpc) is 2.46. The fourth-order valence-corrected chi connectivity index (χ4v) is 1.60. The maximum absolute atomic E-state index is 12.0. The summed E-state index contributed by atoms with van der Waals surface area (Å²) in [6.45, 7) is 3.91. The molecule has 0 saturated heterocycles. The monoisotopic (exact) mass is 281 g/mol. The number of methoxy groups -OCH3 is 2. The number of amides is 1. The Morgan fingerprint density at radius 2 is 1.95 bits per heavy atom. The summed E-state index contributed by atoms with van der Waals surface area (Å²) in [5.41, 5.74) is 0.376. The first-order valence-electron chi connectivity index (χ1n) is 6.23. The number of hydrogen-bond donors (Lipinski definition) is 1. The second-order valence-electron chi connectivity index (χ2n) is 4.02. The molecule has 0 saturated carbocycles. The van der Waals surface area contributed by atoms with Crippen molar-refractivity contribution in [2.75, 3.05) is 20.8 Å². The van der Waals surface area contributed by atoms with Gasteiger partial charge in [-0.3, -0.25) is 4.79 Å². The predicted molar refractivity (Wildman–Crippen MR) is 73.1 cm³/mol. The molecule has 0 heterocycles. The highest BCUT2D eigenvalue weighted by Crippen LogP contribution is 2.27. The Morgan fingerprint density at radius 3 is 2.50 bits per heavy atom. The van der Waals surface area contributed by atoms with Crippen molar-refractivity contribution >= 4 is 11.9 Å². The second kappa shape index (κ2) is 7.37. The first kappa shape index (κ1) is 15.8. The first-order valence-corrected chi connectivity index (χ1v) is 6.23. The van der Waals surface area contributed by atoms with E-state index < -0.39 is 12.0 Å². The zero-order valence-corrected chi connectivity index (χ0v) is 12.1. The van der Waals surface area contributed by atoms with E-state index in [0.717, 1.165) is 0 Å². The summed E-state index contributed by atoms with van der Waals surface area (Å²) >= 11 is 0. The molecule has 6 heteroatoms. The average molecular weight is 281 g/mol. The van der Waals surface area contributed by atoms with Gasteiger partial charge in [-0.1, -0.05) is 0 Å². The Labute approximate surface area is 118 Å². The highest BCUT2D eigenvalue weighted by Gasteiger charge is 2.18. The Balaban J connectivity index is 2.86. The minimum atomic E-state index is -0.718. The van der Waals surface area contributed by atoms with Crippen molar-refractivity contribution in [3.05, 3.63) is 23.8 Å². The van der Waals surface area contributed by atoms with Crippen LogP contribution in [-0.2, 0) is 9.53 Å². The van der Waals surface area contributed by atoms with Crippen LogP contribution in [0.2, 0.25) is 0 Å². The molecule has 1 aromatic rings. The van der Waals surface area contributed by atoms with E-state index >= 15 is 0 Å². The van der Waals surface area contributed by atoms with Gasteiger partial charge in [0.05, 0.1) is 20.8 Å². The number of esters is 1. The van der Waals surface area contributed by atoms with E-state index in [2.05, 4.69) is 10.1 Å². The van der Waals surface area contributed by atoms with Crippen LogP contribution in [0.25, 0.3) is 0 Å². The molecule has 1 unspecified atom stereocenters. The lowest BCUT2D eigenvalue weighted by molar-refractivity contribution is -0.142. The number of ether oxygens (including phenoxy) is 3. The third kappa shape index (κ3) is 3.88. The highest BCUT2D eigenvalue weighted by atomic mass is 16.5. The van der Waals surface area contributed by atoms with E-state index in [1.807, 2.05) is 6.92 Å². The van der Waals surface area contributed by atoms with Gasteiger partial charge >= 0.3 is 5.97 Å². The maximum atomic E-state index is 12.0. The number of carbonyl (C=O) groups is 2. The smallest absolute Gasteiger partial charge is 0.328 e. The summed E-state index contributed by atoms with van der Waals surface area (Å²) in [4.78, 5) is 23.3. The molecular formula is C14H19NO5. The summed E-state index contributed by atoms with van der Waals surface area (Å²) in [6, 6.07) is 4.10.